The molecule has 5 nitrogen and oxygen atoms in total. The van der Waals surface area contributed by atoms with Crippen LogP contribution in [0.15, 0.2) is 52.4 Å². The third-order valence-electron chi connectivity index (χ3n) is 3.92. The summed E-state index contributed by atoms with van der Waals surface area (Å²) in [6, 6.07) is 13.4. The van der Waals surface area contributed by atoms with E-state index in [9.17, 15) is 4.79 Å². The molecular weight excluding hydrogens is 368 g/mol. The van der Waals surface area contributed by atoms with Crippen LogP contribution < -0.4 is 9.54 Å². The maximum atomic E-state index is 12.7. The van der Waals surface area contributed by atoms with Crippen LogP contribution in [0.25, 0.3) is 10.2 Å². The monoisotopic (exact) mass is 388 g/mol. The van der Waals surface area contributed by atoms with Gasteiger partial charge in [0.2, 0.25) is 0 Å². The van der Waals surface area contributed by atoms with Gasteiger partial charge in [0.1, 0.15) is 5.75 Å². The Morgan fingerprint density at radius 1 is 1.23 bits per heavy atom. The predicted octanol–water partition coefficient (Wildman–Crippen LogP) is 3.82. The number of thioether (sulfide) groups is 1. The van der Waals surface area contributed by atoms with Crippen LogP contribution in [0.3, 0.4) is 0 Å². The van der Waals surface area contributed by atoms with E-state index in [1.54, 1.807) is 32.0 Å². The number of carbonyl (C=O) groups is 1. The maximum Gasteiger partial charge on any atom is 0.279 e. The second-order valence-electron chi connectivity index (χ2n) is 5.51. The van der Waals surface area contributed by atoms with Crippen molar-refractivity contribution < 1.29 is 14.3 Å². The van der Waals surface area contributed by atoms with Crippen LogP contribution in [-0.4, -0.2) is 37.6 Å². The lowest BCUT2D eigenvalue weighted by atomic mass is 10.2. The molecule has 1 amide bonds. The number of benzene rings is 2. The molecule has 136 valence electrons. The molecule has 0 radical (unpaired) electrons. The van der Waals surface area contributed by atoms with Crippen molar-refractivity contribution in [2.45, 2.75) is 11.4 Å². The Morgan fingerprint density at radius 2 is 2.08 bits per heavy atom. The lowest BCUT2D eigenvalue weighted by Crippen LogP contribution is -2.19. The molecule has 0 spiro atoms. The molecule has 0 aliphatic carbocycles. The molecule has 0 saturated heterocycles. The number of methoxy groups -OCH3 is 2. The average molecular weight is 389 g/mol. The topological polar surface area (TPSA) is 52.8 Å². The van der Waals surface area contributed by atoms with E-state index in [1.165, 1.54) is 11.3 Å². The van der Waals surface area contributed by atoms with E-state index in [-0.39, 0.29) is 5.91 Å². The summed E-state index contributed by atoms with van der Waals surface area (Å²) in [6.07, 6.45) is 1.98. The number of nitrogens with zero attached hydrogens (tertiary/aromatic N) is 2. The van der Waals surface area contributed by atoms with Gasteiger partial charge in [-0.05, 0) is 42.7 Å². The molecule has 1 aromatic heterocycles. The van der Waals surface area contributed by atoms with Gasteiger partial charge in [-0.3, -0.25) is 4.79 Å². The second kappa shape index (κ2) is 8.53. The summed E-state index contributed by atoms with van der Waals surface area (Å²) in [5.41, 5.74) is 1.60. The zero-order chi connectivity index (χ0) is 18.5. The third-order valence-corrected chi connectivity index (χ3v) is 5.69. The maximum absolute atomic E-state index is 12.7. The molecule has 2 aromatic carbocycles. The number of thiazole rings is 1. The van der Waals surface area contributed by atoms with Crippen molar-refractivity contribution >= 4 is 39.2 Å². The highest BCUT2D eigenvalue weighted by atomic mass is 32.2. The van der Waals surface area contributed by atoms with Crippen LogP contribution in [0.4, 0.5) is 0 Å². The van der Waals surface area contributed by atoms with Crippen LogP contribution in [0.5, 0.6) is 5.75 Å². The van der Waals surface area contributed by atoms with Gasteiger partial charge >= 0.3 is 0 Å². The van der Waals surface area contributed by atoms with Crippen LogP contribution in [-0.2, 0) is 11.3 Å². The largest absolute Gasteiger partial charge is 0.497 e. The fourth-order valence-corrected chi connectivity index (χ4v) is 4.11. The first-order valence-corrected chi connectivity index (χ1v) is 10.1. The molecule has 26 heavy (non-hydrogen) atoms. The van der Waals surface area contributed by atoms with E-state index >= 15 is 0 Å². The van der Waals surface area contributed by atoms with Gasteiger partial charge in [-0.15, -0.1) is 11.8 Å². The Hall–Kier alpha value is -2.09. The Kier molecular flexibility index (Phi) is 6.13. The van der Waals surface area contributed by atoms with Crippen molar-refractivity contribution in [1.82, 2.24) is 4.57 Å². The zero-order valence-corrected chi connectivity index (χ0v) is 16.5. The summed E-state index contributed by atoms with van der Waals surface area (Å²) in [6.45, 7) is 1.17. The Morgan fingerprint density at radius 3 is 2.81 bits per heavy atom. The molecule has 3 aromatic rings. The van der Waals surface area contributed by atoms with E-state index in [0.29, 0.717) is 23.5 Å². The fourth-order valence-electron chi connectivity index (χ4n) is 2.57. The highest BCUT2D eigenvalue weighted by Crippen LogP contribution is 2.23. The van der Waals surface area contributed by atoms with Gasteiger partial charge in [0, 0.05) is 24.1 Å². The quantitative estimate of drug-likeness (QED) is 0.603. The highest BCUT2D eigenvalue weighted by molar-refractivity contribution is 7.98. The molecule has 0 saturated carbocycles. The summed E-state index contributed by atoms with van der Waals surface area (Å²) in [5.74, 6) is 0.536. The number of amides is 1. The summed E-state index contributed by atoms with van der Waals surface area (Å²) >= 11 is 3.07. The lowest BCUT2D eigenvalue weighted by Gasteiger charge is -2.05. The van der Waals surface area contributed by atoms with E-state index in [1.807, 2.05) is 47.2 Å². The highest BCUT2D eigenvalue weighted by Gasteiger charge is 2.10. The molecule has 0 fully saturated rings. The van der Waals surface area contributed by atoms with E-state index in [0.717, 1.165) is 20.9 Å². The van der Waals surface area contributed by atoms with Gasteiger partial charge in [-0.2, -0.15) is 4.99 Å². The second-order valence-corrected chi connectivity index (χ2v) is 7.40. The standard InChI is InChI=1S/C19H20N2O3S2/c1-23-10-9-21-16-8-7-14(24-2)12-17(16)26-19(21)20-18(22)13-5-4-6-15(11-13)25-3/h4-8,11-12H,9-10H2,1-3H3. The number of ether oxygens (including phenoxy) is 2. The van der Waals surface area contributed by atoms with Gasteiger partial charge in [0.15, 0.2) is 4.80 Å². The van der Waals surface area contributed by atoms with Gasteiger partial charge in [-0.1, -0.05) is 17.4 Å². The molecular formula is C19H20N2O3S2. The predicted molar refractivity (Wildman–Crippen MR) is 106 cm³/mol. The lowest BCUT2D eigenvalue weighted by molar-refractivity contribution is 0.0997. The Bertz CT molecular complexity index is 992. The molecule has 3 rings (SSSR count). The summed E-state index contributed by atoms with van der Waals surface area (Å²) in [4.78, 5) is 18.8. The van der Waals surface area contributed by atoms with E-state index in [2.05, 4.69) is 4.99 Å². The summed E-state index contributed by atoms with van der Waals surface area (Å²) in [5, 5.41) is 0. The number of hydrogen-bond acceptors (Lipinski definition) is 5. The first-order chi connectivity index (χ1) is 12.7. The molecule has 0 N–H and O–H groups in total. The Balaban J connectivity index is 2.08. The first-order valence-electron chi connectivity index (χ1n) is 8.05. The number of rotatable bonds is 6. The van der Waals surface area contributed by atoms with Gasteiger partial charge < -0.3 is 14.0 Å². The van der Waals surface area contributed by atoms with Crippen LogP contribution in [0.1, 0.15) is 10.4 Å². The SMILES string of the molecule is COCCn1c(=NC(=O)c2cccc(SC)c2)sc2cc(OC)ccc21. The first kappa shape index (κ1) is 18.7. The molecule has 0 aliphatic heterocycles. The number of aromatic nitrogens is 1. The van der Waals surface area contributed by atoms with Crippen molar-refractivity contribution in [1.29, 1.82) is 0 Å². The van der Waals surface area contributed by atoms with Crippen molar-refractivity contribution in [3.05, 3.63) is 52.8 Å². The van der Waals surface area contributed by atoms with Crippen LogP contribution in [0, 0.1) is 0 Å². The minimum Gasteiger partial charge on any atom is -0.497 e. The van der Waals surface area contributed by atoms with Gasteiger partial charge in [0.25, 0.3) is 5.91 Å². The normalized spacial score (nSPS) is 11.9. The molecule has 1 heterocycles. The molecule has 0 aliphatic rings. The third kappa shape index (κ3) is 4.00. The van der Waals surface area contributed by atoms with Crippen LogP contribution in [0.2, 0.25) is 0 Å². The number of hydrogen-bond donors (Lipinski definition) is 0. The average Bonchev–Trinajstić information content (AvgIpc) is 3.02. The zero-order valence-electron chi connectivity index (χ0n) is 14.9. The molecule has 0 bridgehead atoms. The minimum absolute atomic E-state index is 0.245. The number of fused-ring (bicyclic) bond motifs is 1. The Labute approximate surface area is 160 Å². The van der Waals surface area contributed by atoms with Crippen LogP contribution >= 0.6 is 23.1 Å². The van der Waals surface area contributed by atoms with Gasteiger partial charge in [-0.25, -0.2) is 0 Å². The van der Waals surface area contributed by atoms with E-state index < -0.39 is 0 Å². The molecule has 0 unspecified atom stereocenters. The minimum atomic E-state index is -0.245. The number of carbonyl (C=O) groups excluding carboxylic acids is 1. The summed E-state index contributed by atoms with van der Waals surface area (Å²) in [7, 11) is 3.30. The molecule has 0 atom stereocenters. The van der Waals surface area contributed by atoms with Crippen molar-refractivity contribution in [2.75, 3.05) is 27.1 Å². The smallest absolute Gasteiger partial charge is 0.279 e. The van der Waals surface area contributed by atoms with E-state index in [4.69, 9.17) is 9.47 Å². The van der Waals surface area contributed by atoms with Crippen molar-refractivity contribution in [3.63, 3.8) is 0 Å². The molecule has 7 heteroatoms. The summed E-state index contributed by atoms with van der Waals surface area (Å²) < 4.78 is 13.5. The van der Waals surface area contributed by atoms with Crippen molar-refractivity contribution in [3.8, 4) is 5.75 Å². The van der Waals surface area contributed by atoms with Gasteiger partial charge in [0.05, 0.1) is 23.9 Å². The van der Waals surface area contributed by atoms with Crippen molar-refractivity contribution in [2.24, 2.45) is 4.99 Å². The fraction of sp³-hybridized carbons (Fsp3) is 0.263.